The fourth-order valence-electron chi connectivity index (χ4n) is 4.27. The molecule has 0 amide bonds. The predicted molar refractivity (Wildman–Crippen MR) is 110 cm³/mol. The van der Waals surface area contributed by atoms with Crippen LogP contribution in [0.2, 0.25) is 0 Å². The van der Waals surface area contributed by atoms with E-state index in [-0.39, 0.29) is 0 Å². The molecule has 5 nitrogen and oxygen atoms in total. The van der Waals surface area contributed by atoms with Gasteiger partial charge in [-0.2, -0.15) is 0 Å². The van der Waals surface area contributed by atoms with Gasteiger partial charge in [0.25, 0.3) is 0 Å². The third kappa shape index (κ3) is 5.31. The molecule has 27 heavy (non-hydrogen) atoms. The maximum Gasteiger partial charge on any atom is 0.240 e. The van der Waals surface area contributed by atoms with E-state index in [1.54, 1.807) is 6.07 Å². The Kier molecular flexibility index (Phi) is 6.95. The summed E-state index contributed by atoms with van der Waals surface area (Å²) >= 11 is 0. The standard InChI is InChI=1S/C21H35N3O2S/c1-4-17(2)15-24-13-10-18-7-8-21(14-19(18)16-24)27(25,26)22-11-9-20-6-5-12-23(20)3/h7-8,14,17,20,22H,4-6,9-13,15-16H2,1-3H3. The highest BCUT2D eigenvalue weighted by Crippen LogP contribution is 2.24. The summed E-state index contributed by atoms with van der Waals surface area (Å²) in [6.07, 6.45) is 5.45. The lowest BCUT2D eigenvalue weighted by Gasteiger charge is -2.31. The van der Waals surface area contributed by atoms with Crippen LogP contribution in [0.25, 0.3) is 0 Å². The van der Waals surface area contributed by atoms with Gasteiger partial charge in [0.15, 0.2) is 0 Å². The molecule has 1 aromatic carbocycles. The number of nitrogens with one attached hydrogen (secondary N) is 1. The molecule has 2 unspecified atom stereocenters. The first-order valence-corrected chi connectivity index (χ1v) is 11.9. The highest BCUT2D eigenvalue weighted by atomic mass is 32.2. The number of sulfonamides is 1. The second kappa shape index (κ2) is 9.03. The molecule has 0 aliphatic carbocycles. The number of benzene rings is 1. The van der Waals surface area contributed by atoms with Crippen molar-refractivity contribution in [3.63, 3.8) is 0 Å². The van der Waals surface area contributed by atoms with Crippen LogP contribution in [-0.4, -0.2) is 57.5 Å². The molecule has 2 aliphatic rings. The van der Waals surface area contributed by atoms with Crippen molar-refractivity contribution in [2.24, 2.45) is 5.92 Å². The second-order valence-electron chi connectivity index (χ2n) is 8.39. The molecule has 2 heterocycles. The molecule has 0 spiro atoms. The largest absolute Gasteiger partial charge is 0.303 e. The fraction of sp³-hybridized carbons (Fsp3) is 0.714. The molecule has 1 saturated heterocycles. The molecule has 6 heteroatoms. The molecular weight excluding hydrogens is 358 g/mol. The molecule has 1 fully saturated rings. The summed E-state index contributed by atoms with van der Waals surface area (Å²) in [5.41, 5.74) is 2.46. The first-order valence-electron chi connectivity index (χ1n) is 10.4. The third-order valence-corrected chi connectivity index (χ3v) is 7.75. The Hall–Kier alpha value is -0.950. The maximum atomic E-state index is 12.7. The van der Waals surface area contributed by atoms with Gasteiger partial charge in [0, 0.05) is 32.2 Å². The minimum Gasteiger partial charge on any atom is -0.303 e. The third-order valence-electron chi connectivity index (χ3n) is 6.29. The number of fused-ring (bicyclic) bond motifs is 1. The molecule has 1 aromatic rings. The Labute approximate surface area is 165 Å². The first-order chi connectivity index (χ1) is 12.9. The normalized spacial score (nSPS) is 22.7. The fourth-order valence-corrected chi connectivity index (χ4v) is 5.37. The average Bonchev–Trinajstić information content (AvgIpc) is 3.05. The lowest BCUT2D eigenvalue weighted by atomic mass is 9.98. The molecule has 0 bridgehead atoms. The lowest BCUT2D eigenvalue weighted by molar-refractivity contribution is 0.217. The van der Waals surface area contributed by atoms with Crippen molar-refractivity contribution in [1.29, 1.82) is 0 Å². The van der Waals surface area contributed by atoms with Gasteiger partial charge in [0.1, 0.15) is 0 Å². The number of hydrogen-bond donors (Lipinski definition) is 1. The summed E-state index contributed by atoms with van der Waals surface area (Å²) in [4.78, 5) is 5.20. The van der Waals surface area contributed by atoms with Crippen molar-refractivity contribution in [1.82, 2.24) is 14.5 Å². The van der Waals surface area contributed by atoms with Crippen LogP contribution in [0.15, 0.2) is 23.1 Å². The van der Waals surface area contributed by atoms with Crippen LogP contribution in [0.5, 0.6) is 0 Å². The predicted octanol–water partition coefficient (Wildman–Crippen LogP) is 2.85. The number of likely N-dealkylation sites (tertiary alicyclic amines) is 1. The molecule has 0 saturated carbocycles. The quantitative estimate of drug-likeness (QED) is 0.738. The van der Waals surface area contributed by atoms with Crippen molar-refractivity contribution in [2.45, 2.75) is 63.4 Å². The van der Waals surface area contributed by atoms with E-state index in [1.807, 2.05) is 12.1 Å². The molecule has 1 N–H and O–H groups in total. The molecule has 0 radical (unpaired) electrons. The highest BCUT2D eigenvalue weighted by Gasteiger charge is 2.23. The van der Waals surface area contributed by atoms with E-state index in [2.05, 4.69) is 35.4 Å². The minimum atomic E-state index is -3.44. The van der Waals surface area contributed by atoms with Crippen LogP contribution in [0, 0.1) is 5.92 Å². The summed E-state index contributed by atoms with van der Waals surface area (Å²) < 4.78 is 28.3. The van der Waals surface area contributed by atoms with Crippen molar-refractivity contribution in [3.05, 3.63) is 29.3 Å². The Bertz CT molecular complexity index is 735. The van der Waals surface area contributed by atoms with Gasteiger partial charge in [0.2, 0.25) is 10.0 Å². The van der Waals surface area contributed by atoms with E-state index < -0.39 is 10.0 Å². The van der Waals surface area contributed by atoms with Gasteiger partial charge in [-0.05, 0) is 68.5 Å². The van der Waals surface area contributed by atoms with Crippen molar-refractivity contribution in [2.75, 3.05) is 33.2 Å². The van der Waals surface area contributed by atoms with Gasteiger partial charge < -0.3 is 4.90 Å². The average molecular weight is 394 g/mol. The Morgan fingerprint density at radius 1 is 1.26 bits per heavy atom. The van der Waals surface area contributed by atoms with Crippen LogP contribution in [0.4, 0.5) is 0 Å². The monoisotopic (exact) mass is 393 g/mol. The van der Waals surface area contributed by atoms with E-state index in [4.69, 9.17) is 0 Å². The maximum absolute atomic E-state index is 12.7. The molecular formula is C21H35N3O2S. The second-order valence-corrected chi connectivity index (χ2v) is 10.2. The van der Waals surface area contributed by atoms with E-state index >= 15 is 0 Å². The van der Waals surface area contributed by atoms with Gasteiger partial charge in [0.05, 0.1) is 4.90 Å². The van der Waals surface area contributed by atoms with Gasteiger partial charge in [-0.15, -0.1) is 0 Å². The Morgan fingerprint density at radius 3 is 2.78 bits per heavy atom. The summed E-state index contributed by atoms with van der Waals surface area (Å²) in [7, 11) is -1.31. The van der Waals surface area contributed by atoms with E-state index in [1.165, 1.54) is 30.4 Å². The summed E-state index contributed by atoms with van der Waals surface area (Å²) in [5, 5.41) is 0. The van der Waals surface area contributed by atoms with Gasteiger partial charge >= 0.3 is 0 Å². The highest BCUT2D eigenvalue weighted by molar-refractivity contribution is 7.89. The van der Waals surface area contributed by atoms with Crippen molar-refractivity contribution >= 4 is 10.0 Å². The Morgan fingerprint density at radius 2 is 2.07 bits per heavy atom. The van der Waals surface area contributed by atoms with Crippen LogP contribution in [-0.2, 0) is 23.0 Å². The molecule has 152 valence electrons. The number of nitrogens with zero attached hydrogens (tertiary/aromatic N) is 2. The molecule has 2 aliphatic heterocycles. The minimum absolute atomic E-state index is 0.409. The number of hydrogen-bond acceptors (Lipinski definition) is 4. The van der Waals surface area contributed by atoms with Crippen LogP contribution < -0.4 is 4.72 Å². The zero-order valence-electron chi connectivity index (χ0n) is 17.1. The van der Waals surface area contributed by atoms with Gasteiger partial charge in [-0.25, -0.2) is 13.1 Å². The lowest BCUT2D eigenvalue weighted by Crippen LogP contribution is -2.34. The number of rotatable bonds is 8. The van der Waals surface area contributed by atoms with Crippen LogP contribution in [0.1, 0.15) is 50.7 Å². The van der Waals surface area contributed by atoms with Crippen LogP contribution >= 0.6 is 0 Å². The summed E-state index contributed by atoms with van der Waals surface area (Å²) in [6, 6.07) is 6.18. The molecule has 2 atom stereocenters. The first kappa shape index (κ1) is 20.8. The zero-order valence-corrected chi connectivity index (χ0v) is 17.9. The molecule has 0 aromatic heterocycles. The van der Waals surface area contributed by atoms with Gasteiger partial charge in [-0.1, -0.05) is 26.3 Å². The van der Waals surface area contributed by atoms with Crippen molar-refractivity contribution < 1.29 is 8.42 Å². The van der Waals surface area contributed by atoms with Gasteiger partial charge in [-0.3, -0.25) is 4.90 Å². The zero-order chi connectivity index (χ0) is 19.4. The van der Waals surface area contributed by atoms with Crippen LogP contribution in [0.3, 0.4) is 0 Å². The van der Waals surface area contributed by atoms with Crippen molar-refractivity contribution in [3.8, 4) is 0 Å². The molecule has 3 rings (SSSR count). The smallest absolute Gasteiger partial charge is 0.240 e. The SMILES string of the molecule is CCC(C)CN1CCc2ccc(S(=O)(=O)NCCC3CCCN3C)cc2C1. The summed E-state index contributed by atoms with van der Waals surface area (Å²) in [5.74, 6) is 0.675. The summed E-state index contributed by atoms with van der Waals surface area (Å²) in [6.45, 7) is 9.14. The van der Waals surface area contributed by atoms with E-state index in [0.717, 1.165) is 39.0 Å². The topological polar surface area (TPSA) is 52.7 Å². The van der Waals surface area contributed by atoms with E-state index in [9.17, 15) is 8.42 Å². The van der Waals surface area contributed by atoms with E-state index in [0.29, 0.717) is 23.4 Å². The Balaban J connectivity index is 1.62.